The number of halogens is 1. The fraction of sp³-hybridized carbons (Fsp3) is 0.371. The summed E-state index contributed by atoms with van der Waals surface area (Å²) in [5, 5.41) is 0.732. The fourth-order valence-corrected chi connectivity index (χ4v) is 5.91. The first-order valence-electron chi connectivity index (χ1n) is 14.8. The van der Waals surface area contributed by atoms with Gasteiger partial charge in [-0.15, -0.1) is 0 Å². The maximum atomic E-state index is 13.8. The van der Waals surface area contributed by atoms with E-state index in [9.17, 15) is 4.79 Å². The quantitative estimate of drug-likeness (QED) is 0.142. The molecule has 1 amide bonds. The predicted molar refractivity (Wildman–Crippen MR) is 182 cm³/mol. The monoisotopic (exact) mass is 604 g/mol. The molecule has 2 atom stereocenters. The maximum Gasteiger partial charge on any atom is 0.227 e. The highest BCUT2D eigenvalue weighted by atomic mass is 35.5. The molecule has 5 nitrogen and oxygen atoms in total. The summed E-state index contributed by atoms with van der Waals surface area (Å²) in [5.74, 6) is 1.13. The smallest absolute Gasteiger partial charge is 0.227 e. The van der Waals surface area contributed by atoms with Crippen LogP contribution in [-0.4, -0.2) is 37.3 Å². The molecule has 0 saturated heterocycles. The number of hydrogen-bond donors (Lipinski definition) is 1. The summed E-state index contributed by atoms with van der Waals surface area (Å²) in [5.41, 5.74) is 4.69. The minimum absolute atomic E-state index is 0.0999. The first-order chi connectivity index (χ1) is 20.3. The van der Waals surface area contributed by atoms with Gasteiger partial charge in [-0.2, -0.15) is 0 Å². The lowest BCUT2D eigenvalue weighted by Crippen LogP contribution is -2.32. The molecule has 0 radical (unpaired) electrons. The van der Waals surface area contributed by atoms with Crippen LogP contribution in [0.4, 0.5) is 5.69 Å². The second-order valence-corrected chi connectivity index (χ2v) is 11.8. The van der Waals surface area contributed by atoms with E-state index in [0.717, 1.165) is 40.7 Å². The molecule has 0 bridgehead atoms. The van der Waals surface area contributed by atoms with Crippen molar-refractivity contribution in [1.82, 2.24) is 9.62 Å². The number of anilines is 1. The van der Waals surface area contributed by atoms with Crippen LogP contribution in [0.3, 0.4) is 0 Å². The molecule has 0 spiro atoms. The second-order valence-electron chi connectivity index (χ2n) is 10.5. The highest BCUT2D eigenvalue weighted by molar-refractivity contribution is 7.97. The second kappa shape index (κ2) is 17.2. The number of rotatable bonds is 10. The highest BCUT2D eigenvalue weighted by Crippen LogP contribution is 2.35. The minimum Gasteiger partial charge on any atom is -0.366 e. The van der Waals surface area contributed by atoms with Crippen LogP contribution in [0.15, 0.2) is 95.0 Å². The standard InChI is InChI=1S/C33H39ClN4OS.C2H6/c1-24(26-11-6-5-7-12-26)21-33(39)38(20-10-19-35-25(2)37(3)4)29-18-17-27-13-8-16-32(31(27)23-29)36-40-30-15-9-14-28(34)22-30;1-2/h5-7,9-12,14-15,17-19,22-24,32,36H,8,13,16,20-21H2,1-4H3;1-2H3/b19-10+,35-25?;/t24-,32?;/m0./s1. The number of fused-ring (bicyclic) bond motifs is 1. The summed E-state index contributed by atoms with van der Waals surface area (Å²) in [6.07, 6.45) is 7.40. The zero-order chi connectivity index (χ0) is 30.5. The van der Waals surface area contributed by atoms with E-state index in [1.807, 2.05) is 87.1 Å². The zero-order valence-corrected chi connectivity index (χ0v) is 27.4. The number of aryl methyl sites for hydroxylation is 1. The third-order valence-corrected chi connectivity index (χ3v) is 8.45. The highest BCUT2D eigenvalue weighted by Gasteiger charge is 2.24. The van der Waals surface area contributed by atoms with Gasteiger partial charge >= 0.3 is 0 Å². The Labute approximate surface area is 262 Å². The Balaban J connectivity index is 0.00000237. The molecule has 1 N–H and O–H groups in total. The third-order valence-electron chi connectivity index (χ3n) is 7.32. The van der Waals surface area contributed by atoms with Crippen LogP contribution in [0.2, 0.25) is 5.02 Å². The Kier molecular flexibility index (Phi) is 13.7. The van der Waals surface area contributed by atoms with Crippen LogP contribution in [0.1, 0.15) is 75.6 Å². The van der Waals surface area contributed by atoms with Crippen LogP contribution in [0.5, 0.6) is 0 Å². The summed E-state index contributed by atoms with van der Waals surface area (Å²) in [6.45, 7) is 8.54. The van der Waals surface area contributed by atoms with Gasteiger partial charge in [-0.05, 0) is 97.2 Å². The molecular formula is C35H45ClN4OS. The number of nitrogens with zero attached hydrogens (tertiary/aromatic N) is 3. The molecule has 3 aromatic carbocycles. The van der Waals surface area contributed by atoms with Crippen molar-refractivity contribution in [3.63, 3.8) is 0 Å². The van der Waals surface area contributed by atoms with Gasteiger partial charge < -0.3 is 9.80 Å². The molecule has 0 aliphatic heterocycles. The fourth-order valence-electron chi connectivity index (χ4n) is 4.80. The van der Waals surface area contributed by atoms with Crippen LogP contribution in [-0.2, 0) is 11.2 Å². The number of amidine groups is 1. The summed E-state index contributed by atoms with van der Waals surface area (Å²) < 4.78 is 3.66. The Hall–Kier alpha value is -3.06. The van der Waals surface area contributed by atoms with Crippen molar-refractivity contribution in [2.45, 2.75) is 70.2 Å². The molecule has 1 aliphatic carbocycles. The van der Waals surface area contributed by atoms with Gasteiger partial charge in [-0.1, -0.05) is 74.8 Å². The van der Waals surface area contributed by atoms with Gasteiger partial charge in [0.2, 0.25) is 5.91 Å². The predicted octanol–water partition coefficient (Wildman–Crippen LogP) is 9.06. The molecule has 4 rings (SSSR count). The summed E-state index contributed by atoms with van der Waals surface area (Å²) in [4.78, 5) is 23.2. The number of nitrogens with one attached hydrogen (secondary N) is 1. The van der Waals surface area contributed by atoms with E-state index >= 15 is 0 Å². The van der Waals surface area contributed by atoms with E-state index in [1.54, 1.807) is 18.1 Å². The van der Waals surface area contributed by atoms with E-state index in [4.69, 9.17) is 11.6 Å². The molecule has 224 valence electrons. The number of hydrogen-bond acceptors (Lipinski definition) is 4. The van der Waals surface area contributed by atoms with E-state index in [2.05, 4.69) is 53.0 Å². The largest absolute Gasteiger partial charge is 0.366 e. The molecule has 1 aliphatic rings. The lowest BCUT2D eigenvalue weighted by atomic mass is 9.87. The van der Waals surface area contributed by atoms with E-state index in [1.165, 1.54) is 16.7 Å². The van der Waals surface area contributed by atoms with Gasteiger partial charge in [0.25, 0.3) is 0 Å². The van der Waals surface area contributed by atoms with Crippen molar-refractivity contribution in [3.8, 4) is 0 Å². The Morgan fingerprint density at radius 1 is 1.10 bits per heavy atom. The molecule has 0 aromatic heterocycles. The van der Waals surface area contributed by atoms with Crippen molar-refractivity contribution in [3.05, 3.63) is 107 Å². The lowest BCUT2D eigenvalue weighted by Gasteiger charge is -2.29. The average Bonchev–Trinajstić information content (AvgIpc) is 3.01. The first kappa shape index (κ1) is 33.4. The average molecular weight is 605 g/mol. The molecule has 1 unspecified atom stereocenters. The number of benzene rings is 3. The summed E-state index contributed by atoms with van der Waals surface area (Å²) in [7, 11) is 3.94. The third kappa shape index (κ3) is 9.75. The number of amides is 1. The van der Waals surface area contributed by atoms with Gasteiger partial charge in [0.15, 0.2) is 0 Å². The van der Waals surface area contributed by atoms with Gasteiger partial charge in [0, 0.05) is 54.9 Å². The molecule has 0 fully saturated rings. The first-order valence-corrected chi connectivity index (χ1v) is 16.0. The summed E-state index contributed by atoms with van der Waals surface area (Å²) in [6, 6.07) is 24.8. The zero-order valence-electron chi connectivity index (χ0n) is 25.8. The minimum atomic E-state index is 0.0999. The molecular weight excluding hydrogens is 560 g/mol. The Morgan fingerprint density at radius 2 is 1.86 bits per heavy atom. The van der Waals surface area contributed by atoms with Gasteiger partial charge in [-0.25, -0.2) is 4.99 Å². The lowest BCUT2D eigenvalue weighted by molar-refractivity contribution is -0.118. The van der Waals surface area contributed by atoms with Crippen molar-refractivity contribution in [1.29, 1.82) is 0 Å². The summed E-state index contributed by atoms with van der Waals surface area (Å²) >= 11 is 7.81. The van der Waals surface area contributed by atoms with Gasteiger partial charge in [-0.3, -0.25) is 9.52 Å². The SMILES string of the molecule is CC.CC(=N/C=C/CN(C(=O)C[C@H](C)c1ccccc1)c1ccc2c(c1)C(NSc1cccc(Cl)c1)CCC2)N(C)C. The molecule has 0 heterocycles. The van der Waals surface area contributed by atoms with Crippen LogP contribution >= 0.6 is 23.5 Å². The van der Waals surface area contributed by atoms with Crippen molar-refractivity contribution in [2.24, 2.45) is 4.99 Å². The maximum absolute atomic E-state index is 13.8. The van der Waals surface area contributed by atoms with Gasteiger partial charge in [0.1, 0.15) is 5.84 Å². The van der Waals surface area contributed by atoms with Crippen LogP contribution < -0.4 is 9.62 Å². The topological polar surface area (TPSA) is 47.9 Å². The molecule has 7 heteroatoms. The molecule has 3 aromatic rings. The van der Waals surface area contributed by atoms with Crippen LogP contribution in [0, 0.1) is 0 Å². The molecule has 0 saturated carbocycles. The number of carbonyl (C=O) groups excluding carboxylic acids is 1. The number of aliphatic imine (C=N–C) groups is 1. The van der Waals surface area contributed by atoms with E-state index < -0.39 is 0 Å². The Bertz CT molecular complexity index is 1340. The van der Waals surface area contributed by atoms with E-state index in [0.29, 0.717) is 13.0 Å². The van der Waals surface area contributed by atoms with Crippen molar-refractivity contribution < 1.29 is 4.79 Å². The van der Waals surface area contributed by atoms with E-state index in [-0.39, 0.29) is 17.9 Å². The van der Waals surface area contributed by atoms with Crippen molar-refractivity contribution in [2.75, 3.05) is 25.5 Å². The van der Waals surface area contributed by atoms with Gasteiger partial charge in [0.05, 0.1) is 0 Å². The van der Waals surface area contributed by atoms with Crippen LogP contribution in [0.25, 0.3) is 0 Å². The molecule has 42 heavy (non-hydrogen) atoms. The van der Waals surface area contributed by atoms with Crippen molar-refractivity contribution >= 4 is 41.0 Å². The Morgan fingerprint density at radius 3 is 2.57 bits per heavy atom. The normalized spacial score (nSPS) is 15.4. The number of carbonyl (C=O) groups is 1.